The first-order chi connectivity index (χ1) is 11.1. The Bertz CT molecular complexity index is 598. The largest absolute Gasteiger partial charge is 2.00 e. The molecule has 0 atom stereocenters. The van der Waals surface area contributed by atoms with Crippen LogP contribution in [0.4, 0.5) is 0 Å². The second-order valence-corrected chi connectivity index (χ2v) is 5.48. The van der Waals surface area contributed by atoms with Crippen molar-refractivity contribution in [2.24, 2.45) is 0 Å². The third-order valence-corrected chi connectivity index (χ3v) is 3.43. The molecule has 7 heteroatoms. The van der Waals surface area contributed by atoms with Crippen LogP contribution < -0.4 is 0 Å². The van der Waals surface area contributed by atoms with Crippen LogP contribution in [0.1, 0.15) is 11.4 Å². The van der Waals surface area contributed by atoms with Crippen LogP contribution in [0.5, 0.6) is 0 Å². The summed E-state index contributed by atoms with van der Waals surface area (Å²) >= 11 is 0. The number of likely N-dealkylation sites (N-methyl/N-ethyl adjacent to an activating group) is 1. The maximum absolute atomic E-state index is 11.0. The number of carboxylic acids is 1. The first-order valence-electron chi connectivity index (χ1n) is 7.56. The van der Waals surface area contributed by atoms with Crippen molar-refractivity contribution in [3.63, 3.8) is 0 Å². The molecule has 0 saturated heterocycles. The smallest absolute Gasteiger partial charge is 0.480 e. The zero-order valence-corrected chi connectivity index (χ0v) is 14.8. The van der Waals surface area contributed by atoms with Crippen LogP contribution in [-0.2, 0) is 35.0 Å². The summed E-state index contributed by atoms with van der Waals surface area (Å²) in [6.07, 6.45) is 3.50. The van der Waals surface area contributed by atoms with Gasteiger partial charge in [-0.05, 0) is 31.3 Å². The van der Waals surface area contributed by atoms with Crippen molar-refractivity contribution in [3.05, 3.63) is 60.2 Å². The number of rotatable bonds is 9. The van der Waals surface area contributed by atoms with Crippen molar-refractivity contribution in [3.8, 4) is 0 Å². The molecule has 0 saturated carbocycles. The molecular formula is C17H22FeN4O2+2. The third kappa shape index (κ3) is 7.66. The van der Waals surface area contributed by atoms with Gasteiger partial charge in [-0.25, -0.2) is 0 Å². The van der Waals surface area contributed by atoms with Crippen LogP contribution in [0.15, 0.2) is 48.8 Å². The summed E-state index contributed by atoms with van der Waals surface area (Å²) < 4.78 is 0. The molecule has 128 valence electrons. The Morgan fingerprint density at radius 3 is 2.08 bits per heavy atom. The van der Waals surface area contributed by atoms with E-state index >= 15 is 0 Å². The number of aliphatic carboxylic acids is 1. The Kier molecular flexibility index (Phi) is 9.19. The average Bonchev–Trinajstić information content (AvgIpc) is 2.54. The van der Waals surface area contributed by atoms with Crippen molar-refractivity contribution in [1.29, 1.82) is 0 Å². The van der Waals surface area contributed by atoms with Crippen LogP contribution in [-0.4, -0.2) is 57.5 Å². The van der Waals surface area contributed by atoms with Gasteiger partial charge in [-0.15, -0.1) is 0 Å². The number of nitrogens with zero attached hydrogens (tertiary/aromatic N) is 4. The van der Waals surface area contributed by atoms with Crippen LogP contribution in [0.3, 0.4) is 0 Å². The van der Waals surface area contributed by atoms with Crippen molar-refractivity contribution in [2.75, 3.05) is 26.7 Å². The van der Waals surface area contributed by atoms with Crippen molar-refractivity contribution >= 4 is 5.97 Å². The third-order valence-electron chi connectivity index (χ3n) is 3.43. The van der Waals surface area contributed by atoms with Gasteiger partial charge < -0.3 is 5.11 Å². The first-order valence-corrected chi connectivity index (χ1v) is 7.56. The molecule has 1 N–H and O–H groups in total. The number of carbonyl (C=O) groups is 1. The number of hydrogen-bond acceptors (Lipinski definition) is 5. The van der Waals surface area contributed by atoms with Gasteiger partial charge in [0, 0.05) is 38.6 Å². The minimum atomic E-state index is -0.826. The van der Waals surface area contributed by atoms with Crippen molar-refractivity contribution in [2.45, 2.75) is 13.1 Å². The molecule has 0 spiro atoms. The fourth-order valence-electron chi connectivity index (χ4n) is 2.29. The molecule has 0 aliphatic heterocycles. The van der Waals surface area contributed by atoms with E-state index in [2.05, 4.69) is 14.9 Å². The normalized spacial score (nSPS) is 10.6. The van der Waals surface area contributed by atoms with E-state index in [1.54, 1.807) is 12.4 Å². The summed E-state index contributed by atoms with van der Waals surface area (Å²) in [6.45, 7) is 2.70. The van der Waals surface area contributed by atoms with Crippen molar-refractivity contribution in [1.82, 2.24) is 19.8 Å². The minimum absolute atomic E-state index is 0. The van der Waals surface area contributed by atoms with Crippen LogP contribution in [0.25, 0.3) is 0 Å². The second kappa shape index (κ2) is 10.9. The Hall–Kier alpha value is -1.79. The maximum Gasteiger partial charge on any atom is 2.00 e. The molecule has 0 aliphatic carbocycles. The standard InChI is InChI=1S/C17H22N4O2.Fe/c1-20(12-15-6-2-4-8-18-15)10-11-21(14-17(22)23)13-16-7-3-5-9-19-16;/h2-9H,10-14H2,1H3,(H,22,23);/q;+2. The SMILES string of the molecule is CN(CCN(CC(=O)O)Cc1ccccn1)Cc1ccccn1.[Fe+2]. The molecule has 24 heavy (non-hydrogen) atoms. The topological polar surface area (TPSA) is 69.6 Å². The van der Waals surface area contributed by atoms with Gasteiger partial charge >= 0.3 is 23.0 Å². The molecule has 2 aromatic rings. The van der Waals surface area contributed by atoms with E-state index in [4.69, 9.17) is 5.11 Å². The molecule has 2 heterocycles. The van der Waals surface area contributed by atoms with E-state index in [1.807, 2.05) is 48.3 Å². The van der Waals surface area contributed by atoms with E-state index in [-0.39, 0.29) is 23.6 Å². The summed E-state index contributed by atoms with van der Waals surface area (Å²) in [5, 5.41) is 9.08. The summed E-state index contributed by atoms with van der Waals surface area (Å²) in [7, 11) is 2.01. The summed E-state index contributed by atoms with van der Waals surface area (Å²) in [5.41, 5.74) is 1.88. The summed E-state index contributed by atoms with van der Waals surface area (Å²) in [4.78, 5) is 23.6. The van der Waals surface area contributed by atoms with Gasteiger partial charge in [-0.3, -0.25) is 24.6 Å². The zero-order chi connectivity index (χ0) is 16.5. The van der Waals surface area contributed by atoms with E-state index in [1.165, 1.54) is 0 Å². The summed E-state index contributed by atoms with van der Waals surface area (Å²) in [6, 6.07) is 11.5. The Morgan fingerprint density at radius 2 is 1.58 bits per heavy atom. The van der Waals surface area contributed by atoms with Gasteiger partial charge in [-0.2, -0.15) is 0 Å². The van der Waals surface area contributed by atoms with Gasteiger partial charge in [0.25, 0.3) is 0 Å². The van der Waals surface area contributed by atoms with E-state index in [9.17, 15) is 4.79 Å². The predicted molar refractivity (Wildman–Crippen MR) is 87.7 cm³/mol. The van der Waals surface area contributed by atoms with Gasteiger partial charge in [0.2, 0.25) is 0 Å². The van der Waals surface area contributed by atoms with Crippen molar-refractivity contribution < 1.29 is 27.0 Å². The Balaban J connectivity index is 0.00000288. The molecular weight excluding hydrogens is 348 g/mol. The molecule has 0 aromatic carbocycles. The molecule has 0 radical (unpaired) electrons. The molecule has 0 unspecified atom stereocenters. The quantitative estimate of drug-likeness (QED) is 0.675. The van der Waals surface area contributed by atoms with E-state index in [0.717, 1.165) is 24.5 Å². The van der Waals surface area contributed by atoms with Gasteiger partial charge in [0.1, 0.15) is 0 Å². The van der Waals surface area contributed by atoms with Gasteiger partial charge in [0.15, 0.2) is 0 Å². The van der Waals surface area contributed by atoms with Crippen LogP contribution >= 0.6 is 0 Å². The number of aromatic nitrogens is 2. The molecule has 2 aromatic heterocycles. The molecule has 0 bridgehead atoms. The maximum atomic E-state index is 11.0. The van der Waals surface area contributed by atoms with E-state index < -0.39 is 5.97 Å². The monoisotopic (exact) mass is 370 g/mol. The minimum Gasteiger partial charge on any atom is -0.480 e. The first kappa shape index (κ1) is 20.3. The Morgan fingerprint density at radius 1 is 1.00 bits per heavy atom. The molecule has 2 rings (SSSR count). The Labute approximate surface area is 153 Å². The van der Waals surface area contributed by atoms with Gasteiger partial charge in [0.05, 0.1) is 17.9 Å². The van der Waals surface area contributed by atoms with Crippen LogP contribution in [0, 0.1) is 0 Å². The molecule has 0 amide bonds. The molecule has 6 nitrogen and oxygen atoms in total. The number of carboxylic acid groups (broad SMARTS) is 1. The average molecular weight is 370 g/mol. The van der Waals surface area contributed by atoms with E-state index in [0.29, 0.717) is 13.1 Å². The number of pyridine rings is 2. The van der Waals surface area contributed by atoms with Crippen LogP contribution in [0.2, 0.25) is 0 Å². The zero-order valence-electron chi connectivity index (χ0n) is 13.7. The fraction of sp³-hybridized carbons (Fsp3) is 0.353. The fourth-order valence-corrected chi connectivity index (χ4v) is 2.29. The molecule has 0 aliphatic rings. The molecule has 0 fully saturated rings. The second-order valence-electron chi connectivity index (χ2n) is 5.48. The number of hydrogen-bond donors (Lipinski definition) is 1. The summed E-state index contributed by atoms with van der Waals surface area (Å²) in [5.74, 6) is -0.826. The predicted octanol–water partition coefficient (Wildman–Crippen LogP) is 1.49. The van der Waals surface area contributed by atoms with Gasteiger partial charge in [-0.1, -0.05) is 12.1 Å².